The van der Waals surface area contributed by atoms with Crippen molar-refractivity contribution in [2.45, 2.75) is 64.9 Å². The number of alkyl halides is 2. The number of hydrogen-bond acceptors (Lipinski definition) is 4. The zero-order valence-electron chi connectivity index (χ0n) is 21.6. The van der Waals surface area contributed by atoms with Gasteiger partial charge in [-0.2, -0.15) is 8.78 Å². The Bertz CT molecular complexity index is 1300. The zero-order chi connectivity index (χ0) is 26.7. The molecule has 7 heteroatoms. The van der Waals surface area contributed by atoms with Gasteiger partial charge in [-0.15, -0.1) is 0 Å². The van der Waals surface area contributed by atoms with Crippen LogP contribution in [0, 0.1) is 5.82 Å². The van der Waals surface area contributed by atoms with Crippen LogP contribution in [0.3, 0.4) is 0 Å². The second-order valence-corrected chi connectivity index (χ2v) is 9.36. The fourth-order valence-corrected chi connectivity index (χ4v) is 4.37. The minimum absolute atomic E-state index is 0.113. The molecule has 0 unspecified atom stereocenters. The van der Waals surface area contributed by atoms with Gasteiger partial charge in [0.1, 0.15) is 17.4 Å². The number of ether oxygens (including phenoxy) is 2. The summed E-state index contributed by atoms with van der Waals surface area (Å²) >= 11 is 0. The highest BCUT2D eigenvalue weighted by atomic mass is 19.3. The molecule has 0 spiro atoms. The van der Waals surface area contributed by atoms with Crippen LogP contribution in [-0.2, 0) is 25.7 Å². The Balaban J connectivity index is 1.30. The van der Waals surface area contributed by atoms with Crippen molar-refractivity contribution in [1.29, 1.82) is 0 Å². The van der Waals surface area contributed by atoms with E-state index in [2.05, 4.69) is 21.6 Å². The summed E-state index contributed by atoms with van der Waals surface area (Å²) in [5, 5.41) is 1.44. The number of halogens is 3. The summed E-state index contributed by atoms with van der Waals surface area (Å²) in [4.78, 5) is 8.85. The molecule has 200 valence electrons. The van der Waals surface area contributed by atoms with Crippen LogP contribution in [0.4, 0.5) is 13.2 Å². The van der Waals surface area contributed by atoms with E-state index in [0.717, 1.165) is 35.2 Å². The summed E-state index contributed by atoms with van der Waals surface area (Å²) in [6.45, 7) is 0.0214. The van der Waals surface area contributed by atoms with Crippen LogP contribution >= 0.6 is 0 Å². The smallest absolute Gasteiger partial charge is 0.387 e. The molecule has 0 bridgehead atoms. The van der Waals surface area contributed by atoms with E-state index in [9.17, 15) is 8.78 Å². The Kier molecular flexibility index (Phi) is 9.96. The number of hydrogen-bond donors (Lipinski definition) is 0. The van der Waals surface area contributed by atoms with E-state index in [1.807, 2.05) is 30.3 Å². The third-order valence-corrected chi connectivity index (χ3v) is 6.52. The van der Waals surface area contributed by atoms with Gasteiger partial charge in [-0.3, -0.25) is 0 Å². The van der Waals surface area contributed by atoms with E-state index in [-0.39, 0.29) is 11.6 Å². The van der Waals surface area contributed by atoms with Crippen molar-refractivity contribution >= 4 is 10.8 Å². The van der Waals surface area contributed by atoms with E-state index >= 15 is 4.39 Å². The summed E-state index contributed by atoms with van der Waals surface area (Å²) in [7, 11) is 0. The van der Waals surface area contributed by atoms with Gasteiger partial charge in [-0.25, -0.2) is 14.4 Å². The van der Waals surface area contributed by atoms with E-state index in [0.29, 0.717) is 42.6 Å². The number of rotatable bonds is 14. The first-order valence-electron chi connectivity index (χ1n) is 13.2. The third kappa shape index (κ3) is 7.94. The summed E-state index contributed by atoms with van der Waals surface area (Å²) in [5.41, 5.74) is 2.64. The molecule has 1 aromatic heterocycles. The minimum atomic E-state index is -2.85. The molecule has 0 fully saturated rings. The largest absolute Gasteiger partial charge is 0.490 e. The van der Waals surface area contributed by atoms with Gasteiger partial charge in [0.25, 0.3) is 0 Å². The maximum atomic E-state index is 15.2. The number of unbranched alkanes of at least 4 members (excludes halogenated alkanes) is 3. The first kappa shape index (κ1) is 27.4. The molecule has 4 aromatic rings. The second kappa shape index (κ2) is 13.8. The molecular weight excluding hydrogens is 489 g/mol. The van der Waals surface area contributed by atoms with Gasteiger partial charge in [-0.05, 0) is 59.9 Å². The average Bonchev–Trinajstić information content (AvgIpc) is 2.92. The molecule has 0 radical (unpaired) electrons. The molecule has 1 heterocycles. The van der Waals surface area contributed by atoms with Crippen molar-refractivity contribution in [2.75, 3.05) is 6.61 Å². The Labute approximate surface area is 221 Å². The number of nitrogens with zero attached hydrogens (tertiary/aromatic N) is 2. The summed E-state index contributed by atoms with van der Waals surface area (Å²) in [6, 6.07) is 16.0. The lowest BCUT2D eigenvalue weighted by atomic mass is 9.98. The van der Waals surface area contributed by atoms with Gasteiger partial charge < -0.3 is 9.47 Å². The molecule has 0 atom stereocenters. The van der Waals surface area contributed by atoms with Crippen LogP contribution in [0.2, 0.25) is 0 Å². The molecule has 0 amide bonds. The lowest BCUT2D eigenvalue weighted by Gasteiger charge is -2.10. The zero-order valence-corrected chi connectivity index (χ0v) is 21.6. The van der Waals surface area contributed by atoms with Crippen LogP contribution in [0.25, 0.3) is 10.8 Å². The topological polar surface area (TPSA) is 44.2 Å². The Morgan fingerprint density at radius 2 is 1.50 bits per heavy atom. The summed E-state index contributed by atoms with van der Waals surface area (Å²) in [6.07, 6.45) is 10.6. The first-order valence-corrected chi connectivity index (χ1v) is 13.2. The number of benzene rings is 3. The highest BCUT2D eigenvalue weighted by molar-refractivity contribution is 5.84. The quantitative estimate of drug-likeness (QED) is 0.158. The lowest BCUT2D eigenvalue weighted by molar-refractivity contribution is -0.0498. The Hall–Kier alpha value is -3.61. The second-order valence-electron chi connectivity index (χ2n) is 9.36. The van der Waals surface area contributed by atoms with Crippen LogP contribution in [0.1, 0.15) is 55.1 Å². The van der Waals surface area contributed by atoms with E-state index < -0.39 is 6.61 Å². The molecule has 0 saturated carbocycles. The molecule has 0 saturated heterocycles. The fourth-order valence-electron chi connectivity index (χ4n) is 4.37. The van der Waals surface area contributed by atoms with Gasteiger partial charge in [-0.1, -0.05) is 68.7 Å². The van der Waals surface area contributed by atoms with Crippen molar-refractivity contribution in [3.8, 4) is 11.5 Å². The SMILES string of the molecule is CCCCCCOc1cnc(CCc2ccc3c(F)c(CCc4ccc(OC(F)F)cc4)ccc3c2)nc1. The normalized spacial score (nSPS) is 11.3. The van der Waals surface area contributed by atoms with Gasteiger partial charge in [0.15, 0.2) is 5.75 Å². The maximum Gasteiger partial charge on any atom is 0.387 e. The van der Waals surface area contributed by atoms with Crippen LogP contribution in [0.5, 0.6) is 11.5 Å². The highest BCUT2D eigenvalue weighted by Crippen LogP contribution is 2.25. The number of fused-ring (bicyclic) bond motifs is 1. The van der Waals surface area contributed by atoms with Gasteiger partial charge in [0.05, 0.1) is 19.0 Å². The predicted octanol–water partition coefficient (Wildman–Crippen LogP) is 7.90. The third-order valence-electron chi connectivity index (χ3n) is 6.52. The van der Waals surface area contributed by atoms with Gasteiger partial charge in [0.2, 0.25) is 0 Å². The molecule has 0 aliphatic heterocycles. The van der Waals surface area contributed by atoms with Crippen LogP contribution in [0.15, 0.2) is 67.0 Å². The molecule has 0 aliphatic carbocycles. The molecule has 3 aromatic carbocycles. The molecule has 0 aliphatic rings. The molecule has 4 nitrogen and oxygen atoms in total. The van der Waals surface area contributed by atoms with Crippen LogP contribution in [-0.4, -0.2) is 23.2 Å². The lowest BCUT2D eigenvalue weighted by Crippen LogP contribution is -2.02. The van der Waals surface area contributed by atoms with Gasteiger partial charge in [0, 0.05) is 11.8 Å². The monoisotopic (exact) mass is 522 g/mol. The summed E-state index contributed by atoms with van der Waals surface area (Å²) < 4.78 is 49.9. The standard InChI is InChI=1S/C31H33F3N2O2/c1-2-3-4-5-18-37-27-20-35-29(36-21-27)17-10-23-9-16-28-25(19-23)13-12-24(30(28)32)11-6-22-7-14-26(15-8-22)38-31(33)34/h7-9,12-16,19-21,31H,2-6,10-11,17-18H2,1H3. The summed E-state index contributed by atoms with van der Waals surface area (Å²) in [5.74, 6) is 1.33. The average molecular weight is 523 g/mol. The molecule has 0 N–H and O–H groups in total. The van der Waals surface area contributed by atoms with Crippen molar-refractivity contribution in [2.24, 2.45) is 0 Å². The Morgan fingerprint density at radius 1 is 0.763 bits per heavy atom. The molecule has 38 heavy (non-hydrogen) atoms. The van der Waals surface area contributed by atoms with Crippen molar-refractivity contribution < 1.29 is 22.6 Å². The molecular formula is C31H33F3N2O2. The van der Waals surface area contributed by atoms with Crippen LogP contribution < -0.4 is 9.47 Å². The first-order chi connectivity index (χ1) is 18.5. The maximum absolute atomic E-state index is 15.2. The predicted molar refractivity (Wildman–Crippen MR) is 143 cm³/mol. The minimum Gasteiger partial charge on any atom is -0.490 e. The number of aromatic nitrogens is 2. The van der Waals surface area contributed by atoms with Gasteiger partial charge >= 0.3 is 6.61 Å². The Morgan fingerprint density at radius 3 is 2.24 bits per heavy atom. The van der Waals surface area contributed by atoms with Crippen molar-refractivity contribution in [1.82, 2.24) is 9.97 Å². The molecule has 4 rings (SSSR count). The highest BCUT2D eigenvalue weighted by Gasteiger charge is 2.10. The fraction of sp³-hybridized carbons (Fsp3) is 0.355. The van der Waals surface area contributed by atoms with Crippen molar-refractivity contribution in [3.63, 3.8) is 0 Å². The number of aryl methyl sites for hydroxylation is 4. The van der Waals surface area contributed by atoms with E-state index in [4.69, 9.17) is 4.74 Å². The van der Waals surface area contributed by atoms with Crippen molar-refractivity contribution in [3.05, 3.63) is 95.3 Å². The van der Waals surface area contributed by atoms with E-state index in [1.54, 1.807) is 24.5 Å². The van der Waals surface area contributed by atoms with E-state index in [1.165, 1.54) is 31.4 Å².